The van der Waals surface area contributed by atoms with Crippen LogP contribution in [0.1, 0.15) is 23.1 Å². The normalized spacial score (nSPS) is 16.2. The molecular weight excluding hydrogens is 432 g/mol. The lowest BCUT2D eigenvalue weighted by Crippen LogP contribution is -2.58. The molecule has 1 aromatic heterocycles. The van der Waals surface area contributed by atoms with Crippen molar-refractivity contribution in [3.8, 4) is 5.75 Å². The molecular formula is C22H24N4O5S. The van der Waals surface area contributed by atoms with Crippen molar-refractivity contribution in [3.05, 3.63) is 77.7 Å². The lowest BCUT2D eigenvalue weighted by Gasteiger charge is -2.43. The van der Waals surface area contributed by atoms with Crippen LogP contribution in [0.3, 0.4) is 0 Å². The summed E-state index contributed by atoms with van der Waals surface area (Å²) in [4.78, 5) is 16.0. The third-order valence-electron chi connectivity index (χ3n) is 5.66. The van der Waals surface area contributed by atoms with Gasteiger partial charge < -0.3 is 20.4 Å². The van der Waals surface area contributed by atoms with Gasteiger partial charge >= 0.3 is 10.1 Å². The molecule has 2 heterocycles. The van der Waals surface area contributed by atoms with Crippen molar-refractivity contribution in [2.45, 2.75) is 23.0 Å². The average molecular weight is 457 g/mol. The molecule has 1 aliphatic rings. The molecule has 0 aliphatic carbocycles. The van der Waals surface area contributed by atoms with Gasteiger partial charge in [-0.25, -0.2) is 4.98 Å². The summed E-state index contributed by atoms with van der Waals surface area (Å²) >= 11 is 0. The van der Waals surface area contributed by atoms with E-state index in [4.69, 9.17) is 10.5 Å². The maximum absolute atomic E-state index is 12.1. The molecule has 1 unspecified atom stereocenters. The van der Waals surface area contributed by atoms with Crippen molar-refractivity contribution in [3.63, 3.8) is 0 Å². The number of nitrogens with zero attached hydrogens (tertiary/aromatic N) is 2. The van der Waals surface area contributed by atoms with Crippen molar-refractivity contribution in [1.29, 1.82) is 0 Å². The quantitative estimate of drug-likeness (QED) is 0.435. The highest BCUT2D eigenvalue weighted by molar-refractivity contribution is 7.85. The van der Waals surface area contributed by atoms with Gasteiger partial charge in [-0.2, -0.15) is 8.42 Å². The fourth-order valence-electron chi connectivity index (χ4n) is 3.94. The Balaban J connectivity index is 1.63. The lowest BCUT2D eigenvalue weighted by molar-refractivity contribution is -0.125. The van der Waals surface area contributed by atoms with E-state index in [1.165, 1.54) is 17.2 Å². The fourth-order valence-corrected chi connectivity index (χ4v) is 4.44. The summed E-state index contributed by atoms with van der Waals surface area (Å²) in [7, 11) is -3.05. The maximum atomic E-state index is 12.1. The van der Waals surface area contributed by atoms with Crippen molar-refractivity contribution in [1.82, 2.24) is 14.9 Å². The third-order valence-corrected chi connectivity index (χ3v) is 6.39. The average Bonchev–Trinajstić information content (AvgIpc) is 3.11. The summed E-state index contributed by atoms with van der Waals surface area (Å²) in [6, 6.07) is 17.6. The Morgan fingerprint density at radius 1 is 1.25 bits per heavy atom. The number of rotatable bonds is 8. The molecule has 4 rings (SSSR count). The molecule has 0 bridgehead atoms. The number of hydrogen-bond acceptors (Lipinski definition) is 6. The molecule has 0 saturated carbocycles. The highest BCUT2D eigenvalue weighted by Gasteiger charge is 2.39. The summed E-state index contributed by atoms with van der Waals surface area (Å²) in [5.41, 5.74) is 7.70. The summed E-state index contributed by atoms with van der Waals surface area (Å²) in [6.07, 6.45) is 0.603. The van der Waals surface area contributed by atoms with Gasteiger partial charge in [-0.1, -0.05) is 42.5 Å². The predicted octanol–water partition coefficient (Wildman–Crippen LogP) is 1.36. The molecule has 9 nitrogen and oxygen atoms in total. The van der Waals surface area contributed by atoms with Crippen LogP contribution >= 0.6 is 0 Å². The van der Waals surface area contributed by atoms with Crippen molar-refractivity contribution in [2.75, 3.05) is 13.1 Å². The molecule has 4 N–H and O–H groups in total. The van der Waals surface area contributed by atoms with Gasteiger partial charge in [-0.15, -0.1) is 0 Å². The Labute approximate surface area is 186 Å². The number of carbonyl (C=O) groups excluding carboxylic acids is 1. The summed E-state index contributed by atoms with van der Waals surface area (Å²) in [5, 5.41) is 2.76. The first-order chi connectivity index (χ1) is 15.2. The highest BCUT2D eigenvalue weighted by Crippen LogP contribution is 2.35. The van der Waals surface area contributed by atoms with Crippen LogP contribution in [0, 0.1) is 0 Å². The number of ether oxygens (including phenoxy) is 1. The van der Waals surface area contributed by atoms with Gasteiger partial charge in [0.15, 0.2) is 5.82 Å². The van der Waals surface area contributed by atoms with Crippen molar-refractivity contribution >= 4 is 16.0 Å². The van der Waals surface area contributed by atoms with Crippen LogP contribution in [0.15, 0.2) is 65.8 Å². The molecule has 0 radical (unpaired) electrons. The molecule has 3 aromatic rings. The number of primary amides is 1. The number of amides is 1. The number of imidazole rings is 1. The van der Waals surface area contributed by atoms with Crippen molar-refractivity contribution in [2.24, 2.45) is 12.8 Å². The van der Waals surface area contributed by atoms with Crippen LogP contribution in [0.2, 0.25) is 0 Å². The van der Waals surface area contributed by atoms with Crippen LogP contribution in [0.5, 0.6) is 5.75 Å². The highest BCUT2D eigenvalue weighted by atomic mass is 32.2. The number of hydrogen-bond donors (Lipinski definition) is 3. The number of aryl methyl sites for hydroxylation is 1. The second-order valence-corrected chi connectivity index (χ2v) is 9.37. The minimum atomic E-state index is -4.53. The van der Waals surface area contributed by atoms with Crippen molar-refractivity contribution < 1.29 is 22.5 Å². The lowest BCUT2D eigenvalue weighted by atomic mass is 9.71. The zero-order valence-corrected chi connectivity index (χ0v) is 18.2. The summed E-state index contributed by atoms with van der Waals surface area (Å²) in [6.45, 7) is 1.61. The minimum absolute atomic E-state index is 0.0279. The second kappa shape index (κ2) is 8.38. The van der Waals surface area contributed by atoms with Gasteiger partial charge in [-0.05, 0) is 29.7 Å². The number of benzene rings is 2. The van der Waals surface area contributed by atoms with E-state index < -0.39 is 27.2 Å². The summed E-state index contributed by atoms with van der Waals surface area (Å²) < 4.78 is 39.2. The third kappa shape index (κ3) is 4.38. The SMILES string of the molecule is Cn1cc(S(=O)(=O)O)nc1C(Oc1cccc(C2(Cc3ccccc3)CNC2)c1)C(N)=O. The number of nitrogens with one attached hydrogen (secondary N) is 1. The van der Waals surface area contributed by atoms with E-state index in [9.17, 15) is 17.8 Å². The number of carbonyl (C=O) groups is 1. The van der Waals surface area contributed by atoms with Gasteiger partial charge in [0.25, 0.3) is 5.91 Å². The zero-order chi connectivity index (χ0) is 22.9. The maximum Gasteiger partial charge on any atom is 0.313 e. The van der Waals surface area contributed by atoms with E-state index in [-0.39, 0.29) is 11.2 Å². The smallest absolute Gasteiger partial charge is 0.313 e. The van der Waals surface area contributed by atoms with Gasteiger partial charge in [-0.3, -0.25) is 9.35 Å². The Hall–Kier alpha value is -3.21. The van der Waals surface area contributed by atoms with Gasteiger partial charge in [0, 0.05) is 31.7 Å². The summed E-state index contributed by atoms with van der Waals surface area (Å²) in [5.74, 6) is -0.461. The van der Waals surface area contributed by atoms with E-state index in [0.29, 0.717) is 5.75 Å². The standard InChI is InChI=1S/C22H24N4O5S/c1-26-12-18(32(28,29)30)25-21(26)19(20(23)27)31-17-9-5-8-16(10-17)22(13-24-14-22)11-15-6-3-2-4-7-15/h2-10,12,19,24H,11,13-14H2,1H3,(H2,23,27)(H,28,29,30). The predicted molar refractivity (Wildman–Crippen MR) is 117 cm³/mol. The Kier molecular flexibility index (Phi) is 5.76. The molecule has 1 amide bonds. The molecule has 1 fully saturated rings. The van der Waals surface area contributed by atoms with Crippen LogP contribution in [-0.4, -0.2) is 41.5 Å². The van der Waals surface area contributed by atoms with Crippen LogP contribution < -0.4 is 15.8 Å². The van der Waals surface area contributed by atoms with E-state index >= 15 is 0 Å². The molecule has 1 saturated heterocycles. The van der Waals surface area contributed by atoms with E-state index in [0.717, 1.165) is 31.3 Å². The fraction of sp³-hybridized carbons (Fsp3) is 0.273. The molecule has 2 aromatic carbocycles. The topological polar surface area (TPSA) is 137 Å². The van der Waals surface area contributed by atoms with E-state index in [2.05, 4.69) is 22.4 Å². The minimum Gasteiger partial charge on any atom is -0.473 e. The molecule has 10 heteroatoms. The van der Waals surface area contributed by atoms with E-state index in [1.807, 2.05) is 36.4 Å². The molecule has 1 atom stereocenters. The first-order valence-electron chi connectivity index (χ1n) is 10.00. The Bertz CT molecular complexity index is 1240. The van der Waals surface area contributed by atoms with Gasteiger partial charge in [0.2, 0.25) is 11.1 Å². The van der Waals surface area contributed by atoms with Crippen LogP contribution in [0.4, 0.5) is 0 Å². The van der Waals surface area contributed by atoms with Crippen LogP contribution in [0.25, 0.3) is 0 Å². The molecule has 168 valence electrons. The Morgan fingerprint density at radius 2 is 1.97 bits per heavy atom. The Morgan fingerprint density at radius 3 is 2.53 bits per heavy atom. The van der Waals surface area contributed by atoms with Crippen LogP contribution in [-0.2, 0) is 33.8 Å². The van der Waals surface area contributed by atoms with E-state index in [1.54, 1.807) is 6.07 Å². The largest absolute Gasteiger partial charge is 0.473 e. The first-order valence-corrected chi connectivity index (χ1v) is 11.4. The molecule has 1 aliphatic heterocycles. The zero-order valence-electron chi connectivity index (χ0n) is 17.4. The monoisotopic (exact) mass is 456 g/mol. The van der Waals surface area contributed by atoms with Gasteiger partial charge in [0.05, 0.1) is 0 Å². The molecule has 32 heavy (non-hydrogen) atoms. The first kappa shape index (κ1) is 22.0. The number of nitrogens with two attached hydrogens (primary N) is 1. The van der Waals surface area contributed by atoms with Gasteiger partial charge in [0.1, 0.15) is 5.75 Å². The second-order valence-electron chi connectivity index (χ2n) is 8.00. The number of aromatic nitrogens is 2. The molecule has 0 spiro atoms.